The zero-order chi connectivity index (χ0) is 21.3. The quantitative estimate of drug-likeness (QED) is 0.261. The zero-order valence-electron chi connectivity index (χ0n) is 18.7. The normalized spacial score (nSPS) is 13.8. The van der Waals surface area contributed by atoms with Gasteiger partial charge in [-0.25, -0.2) is 0 Å². The van der Waals surface area contributed by atoms with E-state index in [1.807, 2.05) is 7.05 Å². The number of benzene rings is 2. The topological polar surface area (TPSA) is 67.1 Å². The lowest BCUT2D eigenvalue weighted by molar-refractivity contribution is 0.595. The second-order valence-electron chi connectivity index (χ2n) is 8.01. The van der Waals surface area contributed by atoms with Gasteiger partial charge >= 0.3 is 0 Å². The first-order valence-electron chi connectivity index (χ1n) is 11.3. The molecular formula is C25H33IN6. The van der Waals surface area contributed by atoms with Gasteiger partial charge in [0.2, 0.25) is 0 Å². The fourth-order valence-electron chi connectivity index (χ4n) is 4.29. The number of aryl methyl sites for hydroxylation is 1. The molecule has 2 aromatic carbocycles. The molecule has 3 aromatic rings. The molecule has 4 rings (SSSR count). The van der Waals surface area contributed by atoms with Gasteiger partial charge in [0.05, 0.1) is 6.54 Å². The minimum absolute atomic E-state index is 0. The highest BCUT2D eigenvalue weighted by Gasteiger charge is 2.16. The Hall–Kier alpha value is -2.42. The summed E-state index contributed by atoms with van der Waals surface area (Å²) in [5.74, 6) is 3.25. The molecule has 0 unspecified atom stereocenters. The Morgan fingerprint density at radius 3 is 2.28 bits per heavy atom. The summed E-state index contributed by atoms with van der Waals surface area (Å²) < 4.78 is 2.27. The number of hydrogen-bond acceptors (Lipinski definition) is 3. The van der Waals surface area contributed by atoms with Crippen molar-refractivity contribution >= 4 is 29.9 Å². The summed E-state index contributed by atoms with van der Waals surface area (Å²) in [5, 5.41) is 15.7. The number of nitrogens with one attached hydrogen (secondary N) is 2. The van der Waals surface area contributed by atoms with Crippen molar-refractivity contribution in [2.75, 3.05) is 13.6 Å². The molecule has 2 N–H and O–H groups in total. The van der Waals surface area contributed by atoms with E-state index in [-0.39, 0.29) is 24.0 Å². The van der Waals surface area contributed by atoms with Crippen LogP contribution in [0.4, 0.5) is 0 Å². The van der Waals surface area contributed by atoms with Gasteiger partial charge in [-0.3, -0.25) is 4.99 Å². The van der Waals surface area contributed by atoms with Gasteiger partial charge in [-0.15, -0.1) is 34.2 Å². The Balaban J connectivity index is 0.00000289. The van der Waals surface area contributed by atoms with Crippen LogP contribution >= 0.6 is 24.0 Å². The second kappa shape index (κ2) is 12.6. The molecule has 0 amide bonds. The highest BCUT2D eigenvalue weighted by Crippen LogP contribution is 2.27. The molecule has 0 saturated carbocycles. The first-order chi connectivity index (χ1) is 15.3. The van der Waals surface area contributed by atoms with E-state index in [0.717, 1.165) is 43.5 Å². The molecule has 2 heterocycles. The lowest BCUT2D eigenvalue weighted by atomic mass is 9.88. The van der Waals surface area contributed by atoms with Gasteiger partial charge in [-0.05, 0) is 30.4 Å². The Morgan fingerprint density at radius 1 is 0.938 bits per heavy atom. The number of aromatic nitrogens is 3. The fourth-order valence-corrected chi connectivity index (χ4v) is 4.29. The molecule has 0 aliphatic carbocycles. The number of aliphatic imine (C=N–C) groups is 1. The van der Waals surface area contributed by atoms with Crippen LogP contribution in [0.3, 0.4) is 0 Å². The van der Waals surface area contributed by atoms with Crippen molar-refractivity contribution in [3.63, 3.8) is 0 Å². The van der Waals surface area contributed by atoms with Crippen LogP contribution < -0.4 is 10.6 Å². The smallest absolute Gasteiger partial charge is 0.191 e. The zero-order valence-corrected chi connectivity index (χ0v) is 21.0. The van der Waals surface area contributed by atoms with Gasteiger partial charge < -0.3 is 15.2 Å². The van der Waals surface area contributed by atoms with Crippen molar-refractivity contribution < 1.29 is 0 Å². The van der Waals surface area contributed by atoms with Crippen molar-refractivity contribution in [2.45, 2.75) is 51.1 Å². The van der Waals surface area contributed by atoms with Crippen LogP contribution in [0.15, 0.2) is 65.7 Å². The molecule has 0 radical (unpaired) electrons. The number of fused-ring (bicyclic) bond motifs is 1. The Morgan fingerprint density at radius 2 is 1.62 bits per heavy atom. The van der Waals surface area contributed by atoms with Gasteiger partial charge in [-0.2, -0.15) is 0 Å². The van der Waals surface area contributed by atoms with Crippen LogP contribution in [0.5, 0.6) is 0 Å². The van der Waals surface area contributed by atoms with Gasteiger partial charge in [0, 0.05) is 32.5 Å². The molecule has 0 atom stereocenters. The maximum Gasteiger partial charge on any atom is 0.191 e. The van der Waals surface area contributed by atoms with Gasteiger partial charge in [-0.1, -0.05) is 67.1 Å². The van der Waals surface area contributed by atoms with Crippen molar-refractivity contribution in [1.82, 2.24) is 25.4 Å². The molecule has 6 nitrogen and oxygen atoms in total. The molecule has 1 aliphatic rings. The third-order valence-corrected chi connectivity index (χ3v) is 5.95. The fraction of sp³-hybridized carbons (Fsp3) is 0.400. The molecule has 0 saturated heterocycles. The number of halogens is 1. The summed E-state index contributed by atoms with van der Waals surface area (Å²) in [5.41, 5.74) is 2.68. The van der Waals surface area contributed by atoms with E-state index in [1.54, 1.807) is 0 Å². The van der Waals surface area contributed by atoms with Crippen molar-refractivity contribution in [2.24, 2.45) is 4.99 Å². The van der Waals surface area contributed by atoms with Crippen LogP contribution in [0, 0.1) is 0 Å². The maximum atomic E-state index is 4.40. The van der Waals surface area contributed by atoms with E-state index in [4.69, 9.17) is 0 Å². The predicted molar refractivity (Wildman–Crippen MR) is 141 cm³/mol. The van der Waals surface area contributed by atoms with E-state index < -0.39 is 0 Å². The van der Waals surface area contributed by atoms with Crippen LogP contribution in [0.2, 0.25) is 0 Å². The first-order valence-corrected chi connectivity index (χ1v) is 11.3. The molecule has 1 aromatic heterocycles. The largest absolute Gasteiger partial charge is 0.356 e. The molecule has 0 spiro atoms. The molecule has 0 bridgehead atoms. The number of nitrogens with zero attached hydrogens (tertiary/aromatic N) is 4. The van der Waals surface area contributed by atoms with Crippen molar-refractivity contribution in [3.05, 3.63) is 83.4 Å². The minimum Gasteiger partial charge on any atom is -0.356 e. The SMILES string of the molecule is CN=C(NCCC(c1ccccc1)c1ccccc1)NCc1nnc2n1CCCCC2.I. The lowest BCUT2D eigenvalue weighted by Crippen LogP contribution is -2.38. The predicted octanol–water partition coefficient (Wildman–Crippen LogP) is 4.51. The lowest BCUT2D eigenvalue weighted by Gasteiger charge is -2.19. The average Bonchev–Trinajstić information content (AvgIpc) is 3.05. The summed E-state index contributed by atoms with van der Waals surface area (Å²) in [6.07, 6.45) is 5.68. The minimum atomic E-state index is 0. The number of hydrogen-bond donors (Lipinski definition) is 2. The second-order valence-corrected chi connectivity index (χ2v) is 8.01. The van der Waals surface area contributed by atoms with Crippen LogP contribution in [0.1, 0.15) is 54.4 Å². The maximum absolute atomic E-state index is 4.40. The molecular weight excluding hydrogens is 511 g/mol. The van der Waals surface area contributed by atoms with Crippen LogP contribution in [0.25, 0.3) is 0 Å². The standard InChI is InChI=1S/C25H32N6.HI/c1-26-25(28-19-24-30-29-23-15-9-4-10-18-31(23)24)27-17-16-22(20-11-5-2-6-12-20)21-13-7-3-8-14-21;/h2-3,5-8,11-14,22H,4,9-10,15-19H2,1H3,(H2,26,27,28);1H. The molecule has 170 valence electrons. The number of guanidine groups is 1. The number of rotatable bonds is 7. The summed E-state index contributed by atoms with van der Waals surface area (Å²) in [6.45, 7) is 2.47. The summed E-state index contributed by atoms with van der Waals surface area (Å²) in [4.78, 5) is 4.40. The summed E-state index contributed by atoms with van der Waals surface area (Å²) >= 11 is 0. The monoisotopic (exact) mass is 544 g/mol. The molecule has 1 aliphatic heterocycles. The third-order valence-electron chi connectivity index (χ3n) is 5.95. The van der Waals surface area contributed by atoms with E-state index in [2.05, 4.69) is 91.1 Å². The molecule has 0 fully saturated rings. The highest BCUT2D eigenvalue weighted by molar-refractivity contribution is 14.0. The van der Waals surface area contributed by atoms with Crippen LogP contribution in [-0.2, 0) is 19.5 Å². The van der Waals surface area contributed by atoms with E-state index in [0.29, 0.717) is 12.5 Å². The average molecular weight is 544 g/mol. The van der Waals surface area contributed by atoms with E-state index in [9.17, 15) is 0 Å². The molecule has 7 heteroatoms. The molecule has 32 heavy (non-hydrogen) atoms. The van der Waals surface area contributed by atoms with Gasteiger partial charge in [0.25, 0.3) is 0 Å². The first kappa shape index (κ1) is 24.2. The Kier molecular flexibility index (Phi) is 9.52. The highest BCUT2D eigenvalue weighted by atomic mass is 127. The van der Waals surface area contributed by atoms with E-state index >= 15 is 0 Å². The van der Waals surface area contributed by atoms with Gasteiger partial charge in [0.1, 0.15) is 5.82 Å². The van der Waals surface area contributed by atoms with Crippen molar-refractivity contribution in [1.29, 1.82) is 0 Å². The third kappa shape index (κ3) is 6.31. The van der Waals surface area contributed by atoms with Crippen LogP contribution in [-0.4, -0.2) is 34.3 Å². The summed E-state index contributed by atoms with van der Waals surface area (Å²) in [6, 6.07) is 21.4. The Bertz CT molecular complexity index is 931. The summed E-state index contributed by atoms with van der Waals surface area (Å²) in [7, 11) is 1.81. The van der Waals surface area contributed by atoms with E-state index in [1.165, 1.54) is 30.4 Å². The van der Waals surface area contributed by atoms with Crippen molar-refractivity contribution in [3.8, 4) is 0 Å². The van der Waals surface area contributed by atoms with Gasteiger partial charge in [0.15, 0.2) is 11.8 Å². The Labute approximate surface area is 208 Å².